The highest BCUT2D eigenvalue weighted by molar-refractivity contribution is 6.76. The zero-order valence-corrected chi connectivity index (χ0v) is 26.0. The van der Waals surface area contributed by atoms with Crippen molar-refractivity contribution in [2.45, 2.75) is 84.6 Å². The van der Waals surface area contributed by atoms with Gasteiger partial charge in [-0.2, -0.15) is 5.10 Å². The van der Waals surface area contributed by atoms with E-state index in [1.807, 2.05) is 62.9 Å². The fourth-order valence-electron chi connectivity index (χ4n) is 5.17. The van der Waals surface area contributed by atoms with Crippen LogP contribution < -0.4 is 4.90 Å². The second kappa shape index (κ2) is 11.7. The molecule has 0 N–H and O–H groups in total. The zero-order valence-electron chi connectivity index (χ0n) is 25.0. The molecule has 1 amide bonds. The Morgan fingerprint density at radius 2 is 2.00 bits per heavy atom. The first-order valence-electron chi connectivity index (χ1n) is 14.2. The summed E-state index contributed by atoms with van der Waals surface area (Å²) in [5.74, 6) is 0. The van der Waals surface area contributed by atoms with Crippen LogP contribution in [0.4, 0.5) is 10.5 Å². The molecule has 1 saturated heterocycles. The van der Waals surface area contributed by atoms with Crippen LogP contribution in [0, 0.1) is 0 Å². The molecule has 1 atom stereocenters. The van der Waals surface area contributed by atoms with Crippen LogP contribution in [0.2, 0.25) is 25.7 Å². The van der Waals surface area contributed by atoms with Gasteiger partial charge < -0.3 is 23.8 Å². The summed E-state index contributed by atoms with van der Waals surface area (Å²) < 4.78 is 15.8. The van der Waals surface area contributed by atoms with Crippen molar-refractivity contribution in [2.24, 2.45) is 7.05 Å². The number of ether oxygens (including phenoxy) is 2. The number of aryl methyl sites for hydroxylation is 1. The van der Waals surface area contributed by atoms with Crippen molar-refractivity contribution in [3.8, 4) is 11.1 Å². The van der Waals surface area contributed by atoms with E-state index < -0.39 is 13.7 Å². The minimum Gasteiger partial charge on any atom is -0.444 e. The van der Waals surface area contributed by atoms with Gasteiger partial charge in [-0.1, -0.05) is 19.6 Å². The SMILES string of the molecule is CCN(C(=O)OC(C)(C)C)[C@H]1CCCN(c2ccnc3c2c(-c2cnn(C)c2)cn3COCC[Si](C)(C)C)C1. The number of piperidine rings is 1. The number of carbonyl (C=O) groups excluding carboxylic acids is 1. The lowest BCUT2D eigenvalue weighted by molar-refractivity contribution is 0.0159. The molecule has 0 unspecified atom stereocenters. The number of hydrogen-bond acceptors (Lipinski definition) is 6. The first-order valence-corrected chi connectivity index (χ1v) is 17.9. The van der Waals surface area contributed by atoms with Crippen LogP contribution in [-0.2, 0) is 23.3 Å². The van der Waals surface area contributed by atoms with Gasteiger partial charge in [-0.05, 0) is 52.6 Å². The average Bonchev–Trinajstić information content (AvgIpc) is 3.44. The van der Waals surface area contributed by atoms with Crippen LogP contribution in [0.1, 0.15) is 40.5 Å². The molecule has 0 bridgehead atoms. The number of fused-ring (bicyclic) bond motifs is 1. The molecule has 39 heavy (non-hydrogen) atoms. The average molecular weight is 555 g/mol. The monoisotopic (exact) mass is 554 g/mol. The van der Waals surface area contributed by atoms with Crippen LogP contribution >= 0.6 is 0 Å². The Balaban J connectivity index is 1.66. The highest BCUT2D eigenvalue weighted by Gasteiger charge is 2.32. The fraction of sp³-hybridized carbons (Fsp3) is 0.621. The predicted octanol–water partition coefficient (Wildman–Crippen LogP) is 5.97. The summed E-state index contributed by atoms with van der Waals surface area (Å²) in [7, 11) is 0.767. The van der Waals surface area contributed by atoms with Crippen LogP contribution in [0.15, 0.2) is 30.9 Å². The maximum atomic E-state index is 13.0. The van der Waals surface area contributed by atoms with E-state index in [1.54, 1.807) is 0 Å². The molecule has 3 aromatic heterocycles. The number of aromatic nitrogens is 4. The summed E-state index contributed by atoms with van der Waals surface area (Å²) in [6.07, 6.45) is 9.70. The van der Waals surface area contributed by atoms with E-state index in [9.17, 15) is 4.79 Å². The molecule has 0 spiro atoms. The van der Waals surface area contributed by atoms with Crippen LogP contribution in [0.3, 0.4) is 0 Å². The van der Waals surface area contributed by atoms with Crippen molar-refractivity contribution in [1.82, 2.24) is 24.2 Å². The molecule has 0 aliphatic carbocycles. The third kappa shape index (κ3) is 7.22. The molecule has 10 heteroatoms. The molecule has 0 radical (unpaired) electrons. The van der Waals surface area contributed by atoms with Gasteiger partial charge in [-0.15, -0.1) is 0 Å². The minimum atomic E-state index is -1.17. The van der Waals surface area contributed by atoms with Gasteiger partial charge in [-0.25, -0.2) is 9.78 Å². The van der Waals surface area contributed by atoms with E-state index >= 15 is 0 Å². The number of rotatable bonds is 9. The first kappa shape index (κ1) is 29.1. The Labute approximate surface area is 234 Å². The summed E-state index contributed by atoms with van der Waals surface area (Å²) in [6, 6.07) is 3.31. The van der Waals surface area contributed by atoms with Crippen molar-refractivity contribution in [3.05, 3.63) is 30.9 Å². The number of carbonyl (C=O) groups is 1. The highest BCUT2D eigenvalue weighted by Crippen LogP contribution is 2.38. The number of anilines is 1. The lowest BCUT2D eigenvalue weighted by atomic mass is 10.0. The van der Waals surface area contributed by atoms with Gasteiger partial charge in [0.05, 0.1) is 23.3 Å². The van der Waals surface area contributed by atoms with Gasteiger partial charge in [0.25, 0.3) is 0 Å². The number of likely N-dealkylation sites (N-methyl/N-ethyl adjacent to an activating group) is 1. The summed E-state index contributed by atoms with van der Waals surface area (Å²) in [5.41, 5.74) is 3.66. The maximum Gasteiger partial charge on any atom is 0.410 e. The fourth-order valence-corrected chi connectivity index (χ4v) is 5.92. The molecule has 1 aliphatic heterocycles. The molecular weight excluding hydrogens is 508 g/mol. The molecule has 0 saturated carbocycles. The second-order valence-corrected chi connectivity index (χ2v) is 18.4. The van der Waals surface area contributed by atoms with E-state index in [4.69, 9.17) is 14.5 Å². The number of hydrogen-bond donors (Lipinski definition) is 0. The standard InChI is InChI=1S/C29H46N6O3Si/c1-9-35(28(36)38-29(2,3)4)23-11-10-14-33(19-23)25-12-13-30-27-26(25)24(22-17-31-32(5)18-22)20-34(27)21-37-15-16-39(6,7)8/h12-13,17-18,20,23H,9-11,14-16,19,21H2,1-8H3/t23-/m0/s1. The molecule has 4 heterocycles. The number of amides is 1. The van der Waals surface area contributed by atoms with Crippen molar-refractivity contribution in [3.63, 3.8) is 0 Å². The van der Waals surface area contributed by atoms with Gasteiger partial charge in [0.2, 0.25) is 0 Å². The Morgan fingerprint density at radius 3 is 2.64 bits per heavy atom. The normalized spacial score (nSPS) is 16.6. The number of nitrogens with zero attached hydrogens (tertiary/aromatic N) is 6. The summed E-state index contributed by atoms with van der Waals surface area (Å²) in [5, 5.41) is 5.53. The van der Waals surface area contributed by atoms with Gasteiger partial charge in [0, 0.05) is 71.1 Å². The lowest BCUT2D eigenvalue weighted by Gasteiger charge is -2.40. The maximum absolute atomic E-state index is 13.0. The second-order valence-electron chi connectivity index (χ2n) is 12.8. The largest absolute Gasteiger partial charge is 0.444 e. The molecule has 3 aromatic rings. The Kier molecular flexibility index (Phi) is 8.75. The Hall–Kier alpha value is -2.85. The van der Waals surface area contributed by atoms with E-state index in [0.717, 1.165) is 66.4 Å². The summed E-state index contributed by atoms with van der Waals surface area (Å²) >= 11 is 0. The van der Waals surface area contributed by atoms with Gasteiger partial charge in [0.1, 0.15) is 18.0 Å². The summed E-state index contributed by atoms with van der Waals surface area (Å²) in [6.45, 7) is 18.4. The molecule has 0 aromatic carbocycles. The topological polar surface area (TPSA) is 77.7 Å². The minimum absolute atomic E-state index is 0.0793. The molecule has 9 nitrogen and oxygen atoms in total. The molecule has 1 aliphatic rings. The first-order chi connectivity index (χ1) is 18.4. The van der Waals surface area contributed by atoms with Crippen molar-refractivity contribution >= 4 is 30.9 Å². The third-order valence-electron chi connectivity index (χ3n) is 7.12. The quantitative estimate of drug-likeness (QED) is 0.239. The van der Waals surface area contributed by atoms with E-state index in [1.165, 1.54) is 0 Å². The van der Waals surface area contributed by atoms with Crippen LogP contribution in [0.5, 0.6) is 0 Å². The molecule has 4 rings (SSSR count). The summed E-state index contributed by atoms with van der Waals surface area (Å²) in [4.78, 5) is 22.1. The predicted molar refractivity (Wildman–Crippen MR) is 160 cm³/mol. The van der Waals surface area contributed by atoms with Crippen LogP contribution in [0.25, 0.3) is 22.2 Å². The van der Waals surface area contributed by atoms with Crippen molar-refractivity contribution < 1.29 is 14.3 Å². The van der Waals surface area contributed by atoms with Crippen molar-refractivity contribution in [1.29, 1.82) is 0 Å². The Morgan fingerprint density at radius 1 is 1.23 bits per heavy atom. The lowest BCUT2D eigenvalue weighted by Crippen LogP contribution is -2.51. The third-order valence-corrected chi connectivity index (χ3v) is 8.83. The smallest absolute Gasteiger partial charge is 0.410 e. The van der Waals surface area contributed by atoms with Crippen molar-refractivity contribution in [2.75, 3.05) is 31.1 Å². The van der Waals surface area contributed by atoms with E-state index in [0.29, 0.717) is 13.3 Å². The molecule has 214 valence electrons. The zero-order chi connectivity index (χ0) is 28.4. The van der Waals surface area contributed by atoms with E-state index in [2.05, 4.69) is 46.5 Å². The van der Waals surface area contributed by atoms with Gasteiger partial charge >= 0.3 is 6.09 Å². The Bertz CT molecular complexity index is 1270. The van der Waals surface area contributed by atoms with Crippen LogP contribution in [-0.4, -0.2) is 76.3 Å². The van der Waals surface area contributed by atoms with Gasteiger partial charge in [0.15, 0.2) is 0 Å². The highest BCUT2D eigenvalue weighted by atomic mass is 28.3. The number of pyridine rings is 1. The van der Waals surface area contributed by atoms with E-state index in [-0.39, 0.29) is 12.1 Å². The molecule has 1 fully saturated rings. The molecular formula is C29H46N6O3Si. The van der Waals surface area contributed by atoms with Gasteiger partial charge in [-0.3, -0.25) is 4.68 Å².